The van der Waals surface area contributed by atoms with Gasteiger partial charge in [-0.3, -0.25) is 14.7 Å². The third-order valence-electron chi connectivity index (χ3n) is 5.41. The van der Waals surface area contributed by atoms with Crippen LogP contribution in [-0.4, -0.2) is 65.1 Å². The molecule has 2 fully saturated rings. The van der Waals surface area contributed by atoms with Gasteiger partial charge in [0.25, 0.3) is 0 Å². The van der Waals surface area contributed by atoms with Crippen LogP contribution in [0.15, 0.2) is 30.5 Å². The smallest absolute Gasteiger partial charge is 0.237 e. The number of nitrogens with one attached hydrogen (secondary N) is 1. The number of aromatic nitrogens is 1. The molecule has 0 bridgehead atoms. The van der Waals surface area contributed by atoms with E-state index in [0.717, 1.165) is 24.0 Å². The van der Waals surface area contributed by atoms with Gasteiger partial charge in [0.15, 0.2) is 0 Å². The first-order valence-electron chi connectivity index (χ1n) is 9.40. The molecule has 2 aromatic rings. The van der Waals surface area contributed by atoms with Crippen LogP contribution >= 0.6 is 0 Å². The average Bonchev–Trinajstić information content (AvgIpc) is 3.28. The summed E-state index contributed by atoms with van der Waals surface area (Å²) in [5.74, 6) is -0.519. The largest absolute Gasteiger partial charge is 0.380 e. The average molecular weight is 385 g/mol. The molecular formula is C20H21F2N5O. The van der Waals surface area contributed by atoms with Gasteiger partial charge in [0.05, 0.1) is 24.7 Å². The highest BCUT2D eigenvalue weighted by Gasteiger charge is 2.36. The number of halogens is 2. The number of benzene rings is 1. The highest BCUT2D eigenvalue weighted by molar-refractivity contribution is 5.91. The maximum absolute atomic E-state index is 13.6. The highest BCUT2D eigenvalue weighted by Crippen LogP contribution is 2.25. The van der Waals surface area contributed by atoms with Crippen LogP contribution in [0.5, 0.6) is 0 Å². The monoisotopic (exact) mass is 385 g/mol. The van der Waals surface area contributed by atoms with E-state index in [1.807, 2.05) is 17.0 Å². The van der Waals surface area contributed by atoms with E-state index in [4.69, 9.17) is 5.26 Å². The third kappa shape index (κ3) is 3.76. The van der Waals surface area contributed by atoms with Crippen LogP contribution in [0.25, 0.3) is 10.9 Å². The molecule has 0 spiro atoms. The molecule has 2 aliphatic heterocycles. The van der Waals surface area contributed by atoms with Crippen LogP contribution in [0.2, 0.25) is 0 Å². The van der Waals surface area contributed by atoms with Crippen molar-refractivity contribution in [3.05, 3.63) is 36.3 Å². The zero-order chi connectivity index (χ0) is 19.7. The van der Waals surface area contributed by atoms with E-state index in [0.29, 0.717) is 12.1 Å². The summed E-state index contributed by atoms with van der Waals surface area (Å²) in [6, 6.07) is 7.77. The van der Waals surface area contributed by atoms with E-state index < -0.39 is 12.2 Å². The second-order valence-electron chi connectivity index (χ2n) is 7.41. The van der Waals surface area contributed by atoms with E-state index in [-0.39, 0.29) is 37.3 Å². The zero-order valence-electron chi connectivity index (χ0n) is 15.3. The van der Waals surface area contributed by atoms with E-state index in [1.54, 1.807) is 12.3 Å². The fourth-order valence-corrected chi connectivity index (χ4v) is 4.02. The maximum Gasteiger partial charge on any atom is 0.237 e. The molecular weight excluding hydrogens is 364 g/mol. The van der Waals surface area contributed by atoms with E-state index >= 15 is 0 Å². The van der Waals surface area contributed by atoms with Crippen molar-refractivity contribution >= 4 is 22.5 Å². The van der Waals surface area contributed by atoms with Crippen molar-refractivity contribution in [2.24, 2.45) is 0 Å². The van der Waals surface area contributed by atoms with Gasteiger partial charge in [-0.1, -0.05) is 0 Å². The molecule has 2 aliphatic rings. The predicted molar refractivity (Wildman–Crippen MR) is 101 cm³/mol. The molecule has 1 N–H and O–H groups in total. The number of likely N-dealkylation sites (tertiary alicyclic amines) is 2. The Hall–Kier alpha value is -2.79. The van der Waals surface area contributed by atoms with Crippen molar-refractivity contribution in [1.82, 2.24) is 14.8 Å². The number of hydrogen-bond donors (Lipinski definition) is 1. The molecule has 1 aromatic heterocycles. The number of carbonyl (C=O) groups is 1. The molecule has 1 aromatic carbocycles. The highest BCUT2D eigenvalue weighted by atomic mass is 19.1. The lowest BCUT2D eigenvalue weighted by molar-refractivity contribution is -0.132. The number of carbonyl (C=O) groups excluding carboxylic acids is 1. The van der Waals surface area contributed by atoms with Crippen LogP contribution in [0, 0.1) is 17.1 Å². The number of amides is 1. The van der Waals surface area contributed by atoms with Gasteiger partial charge in [0.1, 0.15) is 18.0 Å². The van der Waals surface area contributed by atoms with Gasteiger partial charge in [-0.05, 0) is 30.7 Å². The Balaban J connectivity index is 1.38. The number of fused-ring (bicyclic) bond motifs is 1. The van der Waals surface area contributed by atoms with E-state index in [2.05, 4.69) is 10.3 Å². The first kappa shape index (κ1) is 18.6. The fourth-order valence-electron chi connectivity index (χ4n) is 4.02. The Kier molecular flexibility index (Phi) is 5.09. The second kappa shape index (κ2) is 7.68. The molecule has 2 saturated heterocycles. The van der Waals surface area contributed by atoms with Crippen molar-refractivity contribution < 1.29 is 13.6 Å². The third-order valence-corrected chi connectivity index (χ3v) is 5.41. The normalized spacial score (nSPS) is 25.2. The Morgan fingerprint density at radius 2 is 2.21 bits per heavy atom. The van der Waals surface area contributed by atoms with Crippen molar-refractivity contribution in [3.8, 4) is 6.07 Å². The summed E-state index contributed by atoms with van der Waals surface area (Å²) < 4.78 is 27.2. The summed E-state index contributed by atoms with van der Waals surface area (Å²) in [5, 5.41) is 13.3. The van der Waals surface area contributed by atoms with Gasteiger partial charge in [-0.15, -0.1) is 0 Å². The molecule has 0 radical (unpaired) electrons. The molecule has 146 valence electrons. The summed E-state index contributed by atoms with van der Waals surface area (Å²) >= 11 is 0. The number of nitriles is 1. The van der Waals surface area contributed by atoms with Gasteiger partial charge in [-0.25, -0.2) is 8.78 Å². The summed E-state index contributed by atoms with van der Waals surface area (Å²) in [6.45, 7) is 1.55. The van der Waals surface area contributed by atoms with Gasteiger partial charge < -0.3 is 10.2 Å². The van der Waals surface area contributed by atoms with Crippen molar-refractivity contribution in [2.45, 2.75) is 31.1 Å². The maximum atomic E-state index is 13.6. The Morgan fingerprint density at radius 3 is 3.04 bits per heavy atom. The lowest BCUT2D eigenvalue weighted by atomic mass is 10.1. The Bertz CT molecular complexity index is 930. The van der Waals surface area contributed by atoms with Gasteiger partial charge >= 0.3 is 0 Å². The van der Waals surface area contributed by atoms with Gasteiger partial charge in [-0.2, -0.15) is 5.26 Å². The topological polar surface area (TPSA) is 72.3 Å². The lowest BCUT2D eigenvalue weighted by Gasteiger charge is -2.23. The van der Waals surface area contributed by atoms with Crippen LogP contribution in [0.1, 0.15) is 12.8 Å². The second-order valence-corrected chi connectivity index (χ2v) is 7.41. The number of nitrogens with zero attached hydrogens (tertiary/aromatic N) is 4. The zero-order valence-corrected chi connectivity index (χ0v) is 15.3. The molecule has 1 unspecified atom stereocenters. The van der Waals surface area contributed by atoms with Crippen molar-refractivity contribution in [1.29, 1.82) is 5.26 Å². The first-order chi connectivity index (χ1) is 13.5. The number of anilines is 1. The molecule has 3 atom stereocenters. The molecule has 0 aliphatic carbocycles. The lowest BCUT2D eigenvalue weighted by Crippen LogP contribution is -2.42. The first-order valence-corrected chi connectivity index (χ1v) is 9.40. The van der Waals surface area contributed by atoms with E-state index in [1.165, 1.54) is 17.0 Å². The Morgan fingerprint density at radius 1 is 1.36 bits per heavy atom. The van der Waals surface area contributed by atoms with Gasteiger partial charge in [0, 0.05) is 42.8 Å². The number of alkyl halides is 1. The minimum Gasteiger partial charge on any atom is -0.380 e. The Labute approximate surface area is 161 Å². The summed E-state index contributed by atoms with van der Waals surface area (Å²) in [4.78, 5) is 20.1. The minimum atomic E-state index is -1.12. The van der Waals surface area contributed by atoms with Crippen LogP contribution < -0.4 is 5.32 Å². The molecule has 1 amide bonds. The number of rotatable bonds is 4. The molecule has 6 nitrogen and oxygen atoms in total. The van der Waals surface area contributed by atoms with Crippen LogP contribution in [0.3, 0.4) is 0 Å². The molecule has 28 heavy (non-hydrogen) atoms. The number of hydrogen-bond acceptors (Lipinski definition) is 5. The predicted octanol–water partition coefficient (Wildman–Crippen LogP) is 2.32. The van der Waals surface area contributed by atoms with Crippen LogP contribution in [0.4, 0.5) is 14.5 Å². The summed E-state index contributed by atoms with van der Waals surface area (Å²) in [6.07, 6.45) is 1.49. The quantitative estimate of drug-likeness (QED) is 0.875. The molecule has 3 heterocycles. The minimum absolute atomic E-state index is 0.00114. The summed E-state index contributed by atoms with van der Waals surface area (Å²) in [5.41, 5.74) is 1.53. The van der Waals surface area contributed by atoms with E-state index in [9.17, 15) is 13.6 Å². The number of pyridine rings is 1. The molecule has 4 rings (SSSR count). The SMILES string of the molecule is N#CC1C[C@H](F)CN1C(=O)CN1CC[C@@H](Nc2ccnc3ccc(F)cc23)C1. The summed E-state index contributed by atoms with van der Waals surface area (Å²) in [7, 11) is 0. The van der Waals surface area contributed by atoms with Gasteiger partial charge in [0.2, 0.25) is 5.91 Å². The van der Waals surface area contributed by atoms with Crippen LogP contribution in [-0.2, 0) is 4.79 Å². The molecule has 0 saturated carbocycles. The van der Waals surface area contributed by atoms with Crippen molar-refractivity contribution in [3.63, 3.8) is 0 Å². The standard InChI is InChI=1S/C20H21F2N5O/c21-13-1-2-18-17(8-13)19(3-5-24-18)25-15-4-6-26(11-15)12-20(28)27-10-14(22)7-16(27)9-23/h1-3,5,8,14-16H,4,6-7,10-12H2,(H,24,25)/t14-,15+,16?/m0/s1. The fraction of sp³-hybridized carbons (Fsp3) is 0.450. The van der Waals surface area contributed by atoms with Crippen molar-refractivity contribution in [2.75, 3.05) is 31.5 Å². The molecule has 8 heteroatoms.